The van der Waals surface area contributed by atoms with Crippen LogP contribution in [0.15, 0.2) is 0 Å². The lowest BCUT2D eigenvalue weighted by Crippen LogP contribution is -2.36. The highest BCUT2D eigenvalue weighted by Gasteiger charge is 2.11. The van der Waals surface area contributed by atoms with Gasteiger partial charge in [-0.1, -0.05) is 13.8 Å². The zero-order valence-corrected chi connectivity index (χ0v) is 13.0. The van der Waals surface area contributed by atoms with Crippen LogP contribution in [0, 0.1) is 5.92 Å². The molecule has 0 aromatic rings. The van der Waals surface area contributed by atoms with E-state index >= 15 is 0 Å². The topological polar surface area (TPSA) is 56.5 Å². The number of rotatable bonds is 9. The van der Waals surface area contributed by atoms with Gasteiger partial charge in [0.05, 0.1) is 12.3 Å². The first-order valence-electron chi connectivity index (χ1n) is 6.91. The highest BCUT2D eigenvalue weighted by Crippen LogP contribution is 2.08. The van der Waals surface area contributed by atoms with Crippen molar-refractivity contribution < 1.29 is 9.47 Å². The van der Waals surface area contributed by atoms with E-state index in [1.54, 1.807) is 0 Å². The lowest BCUT2D eigenvalue weighted by atomic mass is 9.99. The highest BCUT2D eigenvalue weighted by atomic mass is 16.7. The van der Waals surface area contributed by atoms with Crippen molar-refractivity contribution in [1.29, 1.82) is 0 Å². The Kier molecular flexibility index (Phi) is 8.78. The summed E-state index contributed by atoms with van der Waals surface area (Å²) in [6.45, 7) is 13.4. The molecule has 0 spiro atoms. The molecule has 110 valence electrons. The Labute approximate surface area is 113 Å². The third-order valence-corrected chi connectivity index (χ3v) is 2.54. The molecule has 2 atom stereocenters. The number of hydrogen-bond donors (Lipinski definition) is 2. The maximum Gasteiger partial charge on any atom is 0.149 e. The maximum atomic E-state index is 6.06. The molecule has 4 heteroatoms. The van der Waals surface area contributed by atoms with E-state index in [4.69, 9.17) is 15.2 Å². The largest absolute Gasteiger partial charge is 0.350 e. The maximum absolute atomic E-state index is 6.06. The van der Waals surface area contributed by atoms with Crippen LogP contribution in [0.2, 0.25) is 0 Å². The van der Waals surface area contributed by atoms with Crippen LogP contribution in [0.3, 0.4) is 0 Å². The van der Waals surface area contributed by atoms with Crippen molar-refractivity contribution in [3.05, 3.63) is 0 Å². The molecule has 0 rings (SSSR count). The number of ether oxygens (including phenoxy) is 2. The van der Waals surface area contributed by atoms with Crippen LogP contribution in [0.25, 0.3) is 0 Å². The summed E-state index contributed by atoms with van der Waals surface area (Å²) in [4.78, 5) is 0. The lowest BCUT2D eigenvalue weighted by Gasteiger charge is -2.21. The van der Waals surface area contributed by atoms with E-state index < -0.39 is 0 Å². The van der Waals surface area contributed by atoms with Crippen molar-refractivity contribution in [2.75, 3.05) is 13.5 Å². The first-order valence-corrected chi connectivity index (χ1v) is 6.91. The standard InChI is InChI=1S/C14H32N2O2/c1-11(2)7-13(15)8-12(3)16-9-17-10-18-14(4,5)6/h11-13,16H,7-10,15H2,1-6H3/t12?,13-/m1/s1. The van der Waals surface area contributed by atoms with E-state index in [0.717, 1.165) is 12.8 Å². The van der Waals surface area contributed by atoms with Crippen LogP contribution in [0.4, 0.5) is 0 Å². The summed E-state index contributed by atoms with van der Waals surface area (Å²) in [7, 11) is 0. The van der Waals surface area contributed by atoms with E-state index in [9.17, 15) is 0 Å². The van der Waals surface area contributed by atoms with Crippen LogP contribution < -0.4 is 11.1 Å². The fourth-order valence-electron chi connectivity index (χ4n) is 1.70. The Morgan fingerprint density at radius 1 is 1.11 bits per heavy atom. The zero-order valence-electron chi connectivity index (χ0n) is 13.0. The SMILES string of the molecule is CC(C)C[C@@H](N)CC(C)NCOCOC(C)(C)C. The minimum absolute atomic E-state index is 0.148. The second kappa shape index (κ2) is 8.86. The van der Waals surface area contributed by atoms with Gasteiger partial charge in [0.15, 0.2) is 0 Å². The van der Waals surface area contributed by atoms with Crippen molar-refractivity contribution in [2.24, 2.45) is 11.7 Å². The first kappa shape index (κ1) is 17.8. The van der Waals surface area contributed by atoms with Crippen LogP contribution in [-0.4, -0.2) is 31.2 Å². The Hall–Kier alpha value is -0.160. The highest BCUT2D eigenvalue weighted by molar-refractivity contribution is 4.70. The summed E-state index contributed by atoms with van der Waals surface area (Å²) in [6.07, 6.45) is 2.04. The van der Waals surface area contributed by atoms with Crippen LogP contribution in [-0.2, 0) is 9.47 Å². The third kappa shape index (κ3) is 12.3. The Morgan fingerprint density at radius 3 is 2.22 bits per heavy atom. The van der Waals surface area contributed by atoms with Crippen molar-refractivity contribution in [3.8, 4) is 0 Å². The summed E-state index contributed by atoms with van der Waals surface area (Å²) < 4.78 is 10.8. The fraction of sp³-hybridized carbons (Fsp3) is 1.00. The Balaban J connectivity index is 3.50. The molecule has 0 amide bonds. The molecule has 0 radical (unpaired) electrons. The average molecular weight is 260 g/mol. The molecule has 1 unspecified atom stereocenters. The first-order chi connectivity index (χ1) is 8.20. The van der Waals surface area contributed by atoms with Gasteiger partial charge in [-0.2, -0.15) is 0 Å². The van der Waals surface area contributed by atoms with Gasteiger partial charge in [0.1, 0.15) is 6.79 Å². The van der Waals surface area contributed by atoms with Crippen LogP contribution in [0.5, 0.6) is 0 Å². The molecule has 4 nitrogen and oxygen atoms in total. The fourth-order valence-corrected chi connectivity index (χ4v) is 1.70. The summed E-state index contributed by atoms with van der Waals surface area (Å²) in [5.41, 5.74) is 5.91. The number of hydrogen-bond acceptors (Lipinski definition) is 4. The molecule has 0 aromatic carbocycles. The lowest BCUT2D eigenvalue weighted by molar-refractivity contribution is -0.124. The molecule has 0 fully saturated rings. The zero-order chi connectivity index (χ0) is 14.2. The molecule has 0 saturated heterocycles. The van der Waals surface area contributed by atoms with E-state index in [1.807, 2.05) is 20.8 Å². The van der Waals surface area contributed by atoms with Gasteiger partial charge in [-0.25, -0.2) is 0 Å². The normalized spacial score (nSPS) is 16.0. The monoisotopic (exact) mass is 260 g/mol. The van der Waals surface area contributed by atoms with Crippen molar-refractivity contribution in [3.63, 3.8) is 0 Å². The smallest absolute Gasteiger partial charge is 0.149 e. The number of nitrogens with two attached hydrogens (primary N) is 1. The molecule has 3 N–H and O–H groups in total. The summed E-state index contributed by atoms with van der Waals surface area (Å²) >= 11 is 0. The summed E-state index contributed by atoms with van der Waals surface area (Å²) in [5, 5.41) is 3.29. The van der Waals surface area contributed by atoms with Crippen LogP contribution in [0.1, 0.15) is 54.4 Å². The van der Waals surface area contributed by atoms with Gasteiger partial charge >= 0.3 is 0 Å². The van der Waals surface area contributed by atoms with Gasteiger partial charge < -0.3 is 15.2 Å². The second-order valence-electron chi connectivity index (χ2n) is 6.45. The van der Waals surface area contributed by atoms with Crippen molar-refractivity contribution in [1.82, 2.24) is 5.32 Å². The molecular formula is C14H32N2O2. The predicted molar refractivity (Wildman–Crippen MR) is 76.3 cm³/mol. The second-order valence-corrected chi connectivity index (χ2v) is 6.45. The summed E-state index contributed by atoms with van der Waals surface area (Å²) in [6, 6.07) is 0.631. The Morgan fingerprint density at radius 2 is 1.72 bits per heavy atom. The quantitative estimate of drug-likeness (QED) is 0.494. The van der Waals surface area contributed by atoms with E-state index in [2.05, 4.69) is 26.1 Å². The minimum atomic E-state index is -0.148. The molecule has 0 aliphatic heterocycles. The van der Waals surface area contributed by atoms with E-state index in [1.165, 1.54) is 0 Å². The van der Waals surface area contributed by atoms with Crippen molar-refractivity contribution >= 4 is 0 Å². The number of nitrogens with one attached hydrogen (secondary N) is 1. The van der Waals surface area contributed by atoms with E-state index in [0.29, 0.717) is 25.5 Å². The molecule has 18 heavy (non-hydrogen) atoms. The van der Waals surface area contributed by atoms with Gasteiger partial charge in [0.25, 0.3) is 0 Å². The summed E-state index contributed by atoms with van der Waals surface area (Å²) in [5.74, 6) is 0.656. The molecule has 0 aliphatic rings. The molecular weight excluding hydrogens is 228 g/mol. The third-order valence-electron chi connectivity index (χ3n) is 2.54. The van der Waals surface area contributed by atoms with Gasteiger partial charge in [-0.05, 0) is 46.5 Å². The molecule has 0 bridgehead atoms. The van der Waals surface area contributed by atoms with Crippen molar-refractivity contribution in [2.45, 2.75) is 72.1 Å². The Bertz CT molecular complexity index is 202. The minimum Gasteiger partial charge on any atom is -0.350 e. The predicted octanol–water partition coefficient (Wildman–Crippen LogP) is 2.47. The van der Waals surface area contributed by atoms with Gasteiger partial charge in [0, 0.05) is 12.1 Å². The molecule has 0 aliphatic carbocycles. The molecule has 0 heterocycles. The molecule has 0 aromatic heterocycles. The molecule has 0 saturated carbocycles. The van der Waals surface area contributed by atoms with Gasteiger partial charge in [-0.15, -0.1) is 0 Å². The van der Waals surface area contributed by atoms with E-state index in [-0.39, 0.29) is 11.6 Å². The van der Waals surface area contributed by atoms with Gasteiger partial charge in [-0.3, -0.25) is 5.32 Å². The average Bonchev–Trinajstić information content (AvgIpc) is 2.13. The van der Waals surface area contributed by atoms with Crippen LogP contribution >= 0.6 is 0 Å². The van der Waals surface area contributed by atoms with Gasteiger partial charge in [0.2, 0.25) is 0 Å².